The van der Waals surface area contributed by atoms with Crippen LogP contribution in [0.3, 0.4) is 0 Å². The van der Waals surface area contributed by atoms with E-state index in [1.807, 2.05) is 6.92 Å². The molecule has 0 N–H and O–H groups in total. The van der Waals surface area contributed by atoms with Gasteiger partial charge in [-0.2, -0.15) is 0 Å². The number of unbranched alkanes of at least 4 members (excludes halogenated alkanes) is 1. The van der Waals surface area contributed by atoms with Crippen molar-refractivity contribution in [2.75, 3.05) is 0 Å². The predicted molar refractivity (Wildman–Crippen MR) is 42.7 cm³/mol. The maximum Gasteiger partial charge on any atom is 0.0964 e. The van der Waals surface area contributed by atoms with E-state index >= 15 is 0 Å². The van der Waals surface area contributed by atoms with Gasteiger partial charge in [-0.15, -0.1) is 11.6 Å². The fourth-order valence-electron chi connectivity index (χ4n) is 0.487. The third-order valence-electron chi connectivity index (χ3n) is 0.969. The summed E-state index contributed by atoms with van der Waals surface area (Å²) in [4.78, 5) is 0. The summed E-state index contributed by atoms with van der Waals surface area (Å²) in [5.74, 6) is 0. The van der Waals surface area contributed by atoms with Gasteiger partial charge in [0.2, 0.25) is 0 Å². The van der Waals surface area contributed by atoms with Crippen LogP contribution in [0.25, 0.3) is 0 Å². The van der Waals surface area contributed by atoms with E-state index in [2.05, 4.69) is 22.9 Å². The second-order valence-corrected chi connectivity index (χ2v) is 5.21. The van der Waals surface area contributed by atoms with Gasteiger partial charge in [0.1, 0.15) is 0 Å². The average molecular weight is 200 g/mol. The van der Waals surface area contributed by atoms with E-state index in [1.165, 1.54) is 12.8 Å². The minimum absolute atomic E-state index is 0.164. The van der Waals surface area contributed by atoms with Crippen molar-refractivity contribution in [3.63, 3.8) is 0 Å². The Kier molecular flexibility index (Phi) is 4.09. The van der Waals surface area contributed by atoms with Crippen molar-refractivity contribution in [3.05, 3.63) is 0 Å². The molecule has 1 unspecified atom stereocenters. The molecule has 0 amide bonds. The molecule has 0 fully saturated rings. The lowest BCUT2D eigenvalue weighted by Crippen LogP contribution is -2.03. The molecule has 0 nitrogen and oxygen atoms in total. The summed E-state index contributed by atoms with van der Waals surface area (Å²) < 4.78 is -0.164. The Labute approximate surface area is 64.7 Å². The van der Waals surface area contributed by atoms with Crippen LogP contribution in [-0.2, 0) is 0 Å². The smallest absolute Gasteiger partial charge is 0.0964 e. The van der Waals surface area contributed by atoms with Crippen molar-refractivity contribution in [2.45, 2.75) is 36.9 Å². The molecule has 8 heavy (non-hydrogen) atoms. The summed E-state index contributed by atoms with van der Waals surface area (Å²) in [6.07, 6.45) is 3.46. The van der Waals surface area contributed by atoms with Crippen LogP contribution in [0.5, 0.6) is 0 Å². The molecular weight excluding hydrogens is 187 g/mol. The second kappa shape index (κ2) is 3.73. The fourth-order valence-corrected chi connectivity index (χ4v) is 0.901. The number of alkyl halides is 2. The standard InChI is InChI=1S/C6H12BrCl/c1-3-4-5-6(2,7)8/h3-5H2,1-2H3. The Morgan fingerprint density at radius 3 is 2.25 bits per heavy atom. The first kappa shape index (κ1) is 8.77. The van der Waals surface area contributed by atoms with Crippen molar-refractivity contribution in [1.82, 2.24) is 0 Å². The van der Waals surface area contributed by atoms with Crippen LogP contribution in [-0.4, -0.2) is 3.78 Å². The van der Waals surface area contributed by atoms with Gasteiger partial charge in [-0.25, -0.2) is 0 Å². The summed E-state index contributed by atoms with van der Waals surface area (Å²) in [5.41, 5.74) is 0. The van der Waals surface area contributed by atoms with Crippen LogP contribution in [0.1, 0.15) is 33.1 Å². The average Bonchev–Trinajstić information content (AvgIpc) is 1.59. The number of hydrogen-bond acceptors (Lipinski definition) is 0. The lowest BCUT2D eigenvalue weighted by molar-refractivity contribution is 0.686. The summed E-state index contributed by atoms with van der Waals surface area (Å²) in [5, 5.41) is 0. The van der Waals surface area contributed by atoms with Gasteiger partial charge in [0.25, 0.3) is 0 Å². The molecule has 1 atom stereocenters. The van der Waals surface area contributed by atoms with Gasteiger partial charge in [0.05, 0.1) is 3.78 Å². The number of hydrogen-bond donors (Lipinski definition) is 0. The molecule has 0 radical (unpaired) electrons. The first-order valence-electron chi connectivity index (χ1n) is 2.94. The zero-order valence-electron chi connectivity index (χ0n) is 5.38. The van der Waals surface area contributed by atoms with Crippen LogP contribution in [0.2, 0.25) is 0 Å². The summed E-state index contributed by atoms with van der Waals surface area (Å²) in [6.45, 7) is 4.14. The highest BCUT2D eigenvalue weighted by atomic mass is 79.9. The molecule has 0 bridgehead atoms. The molecule has 0 spiro atoms. The largest absolute Gasteiger partial charge is 0.107 e. The Morgan fingerprint density at radius 1 is 1.62 bits per heavy atom. The van der Waals surface area contributed by atoms with Crippen molar-refractivity contribution in [1.29, 1.82) is 0 Å². The zero-order chi connectivity index (χ0) is 6.62. The van der Waals surface area contributed by atoms with Crippen molar-refractivity contribution >= 4 is 27.5 Å². The van der Waals surface area contributed by atoms with Crippen molar-refractivity contribution in [2.24, 2.45) is 0 Å². The quantitative estimate of drug-likeness (QED) is 0.610. The van der Waals surface area contributed by atoms with E-state index in [0.717, 1.165) is 6.42 Å². The minimum Gasteiger partial charge on any atom is -0.107 e. The molecule has 0 aliphatic heterocycles. The third-order valence-corrected chi connectivity index (χ3v) is 1.55. The topological polar surface area (TPSA) is 0 Å². The van der Waals surface area contributed by atoms with Gasteiger partial charge in [-0.1, -0.05) is 35.7 Å². The lowest BCUT2D eigenvalue weighted by atomic mass is 10.2. The first-order valence-corrected chi connectivity index (χ1v) is 4.11. The predicted octanol–water partition coefficient (Wildman–Crippen LogP) is 3.53. The highest BCUT2D eigenvalue weighted by molar-refractivity contribution is 9.10. The molecular formula is C6H12BrCl. The van der Waals surface area contributed by atoms with Crippen LogP contribution < -0.4 is 0 Å². The highest BCUT2D eigenvalue weighted by Crippen LogP contribution is 2.28. The molecule has 0 aromatic carbocycles. The maximum atomic E-state index is 5.83. The second-order valence-electron chi connectivity index (χ2n) is 2.17. The Bertz CT molecular complexity index is 56.0. The van der Waals surface area contributed by atoms with Crippen molar-refractivity contribution < 1.29 is 0 Å². The van der Waals surface area contributed by atoms with Gasteiger partial charge in [0.15, 0.2) is 0 Å². The fraction of sp³-hybridized carbons (Fsp3) is 1.00. The van der Waals surface area contributed by atoms with Gasteiger partial charge in [-0.05, 0) is 13.3 Å². The molecule has 0 aromatic heterocycles. The van der Waals surface area contributed by atoms with Crippen molar-refractivity contribution in [3.8, 4) is 0 Å². The minimum atomic E-state index is -0.164. The summed E-state index contributed by atoms with van der Waals surface area (Å²) >= 11 is 9.17. The van der Waals surface area contributed by atoms with Crippen LogP contribution in [0.4, 0.5) is 0 Å². The molecule has 0 saturated heterocycles. The molecule has 0 aliphatic carbocycles. The SMILES string of the molecule is CCCCC(C)(Cl)Br. The van der Waals surface area contributed by atoms with Crippen LogP contribution in [0.15, 0.2) is 0 Å². The zero-order valence-corrected chi connectivity index (χ0v) is 7.72. The van der Waals surface area contributed by atoms with Gasteiger partial charge >= 0.3 is 0 Å². The molecule has 0 aliphatic rings. The van der Waals surface area contributed by atoms with E-state index in [-0.39, 0.29) is 3.78 Å². The number of rotatable bonds is 3. The number of halogens is 2. The van der Waals surface area contributed by atoms with Crippen LogP contribution >= 0.6 is 27.5 Å². The normalized spacial score (nSPS) is 18.0. The molecule has 2 heteroatoms. The Morgan fingerprint density at radius 2 is 2.12 bits per heavy atom. The van der Waals surface area contributed by atoms with Crippen LogP contribution in [0, 0.1) is 0 Å². The third kappa shape index (κ3) is 6.77. The summed E-state index contributed by atoms with van der Waals surface area (Å²) in [7, 11) is 0. The molecule has 50 valence electrons. The van der Waals surface area contributed by atoms with Gasteiger partial charge in [0, 0.05) is 0 Å². The highest BCUT2D eigenvalue weighted by Gasteiger charge is 2.13. The molecule has 0 aromatic rings. The van der Waals surface area contributed by atoms with E-state index in [9.17, 15) is 0 Å². The van der Waals surface area contributed by atoms with E-state index in [1.54, 1.807) is 0 Å². The van der Waals surface area contributed by atoms with Gasteiger partial charge in [-0.3, -0.25) is 0 Å². The Balaban J connectivity index is 3.11. The molecule has 0 rings (SSSR count). The first-order chi connectivity index (χ1) is 3.56. The van der Waals surface area contributed by atoms with E-state index in [4.69, 9.17) is 11.6 Å². The molecule has 0 saturated carbocycles. The van der Waals surface area contributed by atoms with Gasteiger partial charge < -0.3 is 0 Å². The molecule has 0 heterocycles. The maximum absolute atomic E-state index is 5.83. The summed E-state index contributed by atoms with van der Waals surface area (Å²) in [6, 6.07) is 0. The Hall–Kier alpha value is 0.770. The lowest BCUT2D eigenvalue weighted by Gasteiger charge is -2.10. The van der Waals surface area contributed by atoms with E-state index in [0.29, 0.717) is 0 Å². The van der Waals surface area contributed by atoms with E-state index < -0.39 is 0 Å². The monoisotopic (exact) mass is 198 g/mol.